The van der Waals surface area contributed by atoms with Crippen molar-refractivity contribution in [1.82, 2.24) is 19.9 Å². The highest BCUT2D eigenvalue weighted by Gasteiger charge is 2.19. The summed E-state index contributed by atoms with van der Waals surface area (Å²) in [6.45, 7) is 0. The first-order valence-corrected chi connectivity index (χ1v) is 9.97. The number of imidazole rings is 2. The van der Waals surface area contributed by atoms with E-state index >= 15 is 0 Å². The normalized spacial score (nSPS) is 11.8. The third-order valence-corrected chi connectivity index (χ3v) is 5.15. The molecule has 0 aliphatic rings. The maximum atomic E-state index is 13.4. The van der Waals surface area contributed by atoms with Crippen LogP contribution in [0.2, 0.25) is 0 Å². The minimum Gasteiger partial charge on any atom is -0.497 e. The second kappa shape index (κ2) is 7.91. The summed E-state index contributed by atoms with van der Waals surface area (Å²) in [4.78, 5) is 29.0. The fourth-order valence-electron chi connectivity index (χ4n) is 3.58. The molecule has 152 valence electrons. The van der Waals surface area contributed by atoms with Crippen LogP contribution in [0.3, 0.4) is 0 Å². The fraction of sp³-hybridized carbons (Fsp3) is 0.0800. The number of Topliss-reactive ketones (excluding diaryl/α,β-unsaturated/α-hetero) is 1. The van der Waals surface area contributed by atoms with Gasteiger partial charge in [0.1, 0.15) is 11.6 Å². The van der Waals surface area contributed by atoms with Gasteiger partial charge in [-0.2, -0.15) is 0 Å². The third-order valence-electron chi connectivity index (χ3n) is 5.15. The summed E-state index contributed by atoms with van der Waals surface area (Å²) < 4.78 is 5.24. The van der Waals surface area contributed by atoms with E-state index in [1.807, 2.05) is 78.9 Å². The molecule has 0 aliphatic heterocycles. The van der Waals surface area contributed by atoms with Crippen molar-refractivity contribution in [3.8, 4) is 5.75 Å². The zero-order valence-electron chi connectivity index (χ0n) is 16.9. The highest BCUT2D eigenvalue weighted by molar-refractivity contribution is 6.10. The van der Waals surface area contributed by atoms with E-state index in [1.165, 1.54) is 0 Å². The molecule has 0 amide bonds. The third kappa shape index (κ3) is 3.83. The lowest BCUT2D eigenvalue weighted by Gasteiger charge is -2.05. The Morgan fingerprint density at radius 3 is 2.16 bits per heavy atom. The lowest BCUT2D eigenvalue weighted by atomic mass is 10.0. The zero-order chi connectivity index (χ0) is 21.2. The number of nitrogens with zero attached hydrogens (tertiary/aromatic N) is 2. The van der Waals surface area contributed by atoms with Crippen LogP contribution >= 0.6 is 0 Å². The van der Waals surface area contributed by atoms with Gasteiger partial charge in [-0.25, -0.2) is 9.97 Å². The van der Waals surface area contributed by atoms with Crippen molar-refractivity contribution in [2.75, 3.05) is 7.11 Å². The van der Waals surface area contributed by atoms with E-state index in [0.29, 0.717) is 17.8 Å². The van der Waals surface area contributed by atoms with Crippen LogP contribution in [0.5, 0.6) is 5.75 Å². The molecule has 5 rings (SSSR count). The number of rotatable bonds is 6. The summed E-state index contributed by atoms with van der Waals surface area (Å²) in [5.74, 6) is 1.65. The number of methoxy groups -OCH3 is 1. The highest BCUT2D eigenvalue weighted by Crippen LogP contribution is 2.21. The molecule has 6 heteroatoms. The largest absolute Gasteiger partial charge is 0.497 e. The molecule has 2 heterocycles. The van der Waals surface area contributed by atoms with Gasteiger partial charge in [0.15, 0.2) is 5.82 Å². The molecular formula is C25H20N4O2. The number of carbonyl (C=O) groups excluding carboxylic acids is 1. The molecule has 0 bridgehead atoms. The van der Waals surface area contributed by atoms with Crippen molar-refractivity contribution < 1.29 is 9.53 Å². The molecule has 5 aromatic rings. The maximum absolute atomic E-state index is 13.4. The van der Waals surface area contributed by atoms with E-state index in [2.05, 4.69) is 19.9 Å². The Kier molecular flexibility index (Phi) is 4.80. The van der Waals surface area contributed by atoms with Crippen molar-refractivity contribution in [3.63, 3.8) is 0 Å². The van der Waals surface area contributed by atoms with Crippen LogP contribution < -0.4 is 4.74 Å². The van der Waals surface area contributed by atoms with Crippen LogP contribution in [0, 0.1) is 0 Å². The maximum Gasteiger partial charge on any atom is 0.224 e. The summed E-state index contributed by atoms with van der Waals surface area (Å²) in [6.07, 6.45) is 2.23. The van der Waals surface area contributed by atoms with E-state index in [4.69, 9.17) is 4.74 Å². The van der Waals surface area contributed by atoms with E-state index in [9.17, 15) is 4.79 Å². The number of ether oxygens (including phenoxy) is 1. The number of nitrogens with one attached hydrogen (secondary N) is 2. The number of aromatic amines is 2. The summed E-state index contributed by atoms with van der Waals surface area (Å²) in [5.41, 5.74) is 4.89. The summed E-state index contributed by atoms with van der Waals surface area (Å²) >= 11 is 0. The van der Waals surface area contributed by atoms with Gasteiger partial charge >= 0.3 is 0 Å². The quantitative estimate of drug-likeness (QED) is 0.307. The smallest absolute Gasteiger partial charge is 0.224 e. The van der Waals surface area contributed by atoms with E-state index in [0.717, 1.165) is 39.2 Å². The Morgan fingerprint density at radius 2 is 1.52 bits per heavy atom. The Bertz CT molecular complexity index is 1340. The van der Waals surface area contributed by atoms with Crippen LogP contribution in [0.4, 0.5) is 0 Å². The molecule has 0 aliphatic carbocycles. The summed E-state index contributed by atoms with van der Waals surface area (Å²) in [7, 11) is 1.63. The first-order chi connectivity index (χ1) is 15.2. The van der Waals surface area contributed by atoms with Crippen LogP contribution in [0.25, 0.3) is 28.1 Å². The van der Waals surface area contributed by atoms with Gasteiger partial charge in [-0.15, -0.1) is 0 Å². The number of ketones is 1. The first kappa shape index (κ1) is 18.8. The molecule has 2 aromatic heterocycles. The lowest BCUT2D eigenvalue weighted by Crippen LogP contribution is -2.09. The molecular weight excluding hydrogens is 388 g/mol. The summed E-state index contributed by atoms with van der Waals surface area (Å²) in [5, 5.41) is 0. The fourth-order valence-corrected chi connectivity index (χ4v) is 3.58. The van der Waals surface area contributed by atoms with Crippen molar-refractivity contribution >= 4 is 33.9 Å². The lowest BCUT2D eigenvalue weighted by molar-refractivity contribution is 0.102. The van der Waals surface area contributed by atoms with Crippen LogP contribution in [-0.2, 0) is 6.42 Å². The molecule has 2 N–H and O–H groups in total. The van der Waals surface area contributed by atoms with Gasteiger partial charge in [-0.05, 0) is 48.0 Å². The molecule has 0 fully saturated rings. The van der Waals surface area contributed by atoms with E-state index < -0.39 is 0 Å². The van der Waals surface area contributed by atoms with Crippen molar-refractivity contribution in [3.05, 3.63) is 95.6 Å². The minimum atomic E-state index is -0.160. The topological polar surface area (TPSA) is 83.7 Å². The van der Waals surface area contributed by atoms with E-state index in [1.54, 1.807) is 7.11 Å². The second-order valence-corrected chi connectivity index (χ2v) is 7.25. The second-order valence-electron chi connectivity index (χ2n) is 7.25. The van der Waals surface area contributed by atoms with Crippen LogP contribution in [0.1, 0.15) is 22.0 Å². The minimum absolute atomic E-state index is 0.160. The summed E-state index contributed by atoms with van der Waals surface area (Å²) in [6, 6.07) is 23.0. The van der Waals surface area contributed by atoms with Gasteiger partial charge in [0, 0.05) is 12.0 Å². The Hall–Kier alpha value is -4.19. The van der Waals surface area contributed by atoms with Gasteiger partial charge in [-0.3, -0.25) is 4.79 Å². The SMILES string of the molecule is COc1ccc(/C=C(\Cc2nc3ccccc3[nH]2)C(=O)c2nc3ccccc3[nH]2)cc1. The van der Waals surface area contributed by atoms with Crippen molar-refractivity contribution in [2.24, 2.45) is 0 Å². The monoisotopic (exact) mass is 408 g/mol. The predicted molar refractivity (Wildman–Crippen MR) is 121 cm³/mol. The molecule has 6 nitrogen and oxygen atoms in total. The van der Waals surface area contributed by atoms with Crippen molar-refractivity contribution in [2.45, 2.75) is 6.42 Å². The number of fused-ring (bicyclic) bond motifs is 2. The molecule has 0 unspecified atom stereocenters. The van der Waals surface area contributed by atoms with Crippen LogP contribution in [-0.4, -0.2) is 32.8 Å². The molecule has 0 radical (unpaired) electrons. The number of aromatic nitrogens is 4. The molecule has 0 atom stereocenters. The molecule has 0 saturated carbocycles. The average molecular weight is 408 g/mol. The average Bonchev–Trinajstić information content (AvgIpc) is 3.42. The van der Waals surface area contributed by atoms with Crippen molar-refractivity contribution in [1.29, 1.82) is 0 Å². The first-order valence-electron chi connectivity index (χ1n) is 9.97. The molecule has 0 spiro atoms. The predicted octanol–water partition coefficient (Wildman–Crippen LogP) is 4.96. The number of hydrogen-bond donors (Lipinski definition) is 2. The molecule has 3 aromatic carbocycles. The highest BCUT2D eigenvalue weighted by atomic mass is 16.5. The number of H-pyrrole nitrogens is 2. The zero-order valence-corrected chi connectivity index (χ0v) is 16.9. The number of allylic oxidation sites excluding steroid dienone is 1. The van der Waals surface area contributed by atoms with Gasteiger partial charge in [0.25, 0.3) is 0 Å². The molecule has 31 heavy (non-hydrogen) atoms. The van der Waals surface area contributed by atoms with Crippen LogP contribution in [0.15, 0.2) is 78.4 Å². The standard InChI is InChI=1S/C25H20N4O2/c1-31-18-12-10-16(11-13-18)14-17(15-23-26-19-6-2-3-7-20(19)27-23)24(30)25-28-21-8-4-5-9-22(21)29-25/h2-14H,15H2,1H3,(H,26,27)(H,28,29)/b17-14+. The van der Waals surface area contributed by atoms with Gasteiger partial charge < -0.3 is 14.7 Å². The van der Waals surface area contributed by atoms with Gasteiger partial charge in [-0.1, -0.05) is 36.4 Å². The van der Waals surface area contributed by atoms with Gasteiger partial charge in [0.2, 0.25) is 5.78 Å². The number of para-hydroxylation sites is 4. The molecule has 0 saturated heterocycles. The Balaban J connectivity index is 1.54. The van der Waals surface area contributed by atoms with Gasteiger partial charge in [0.05, 0.1) is 29.2 Å². The number of carbonyl (C=O) groups is 1. The number of benzene rings is 3. The van der Waals surface area contributed by atoms with E-state index in [-0.39, 0.29) is 5.78 Å². The Morgan fingerprint density at radius 1 is 0.871 bits per heavy atom. The number of hydrogen-bond acceptors (Lipinski definition) is 4. The Labute approximate surface area is 178 Å².